The van der Waals surface area contributed by atoms with Gasteiger partial charge in [0, 0.05) is 54.3 Å². The lowest BCUT2D eigenvalue weighted by molar-refractivity contribution is 0.602. The van der Waals surface area contributed by atoms with Gasteiger partial charge in [0.05, 0.1) is 29.1 Å². The number of terminal acetylenes is 1. The number of aromatic nitrogens is 4. The van der Waals surface area contributed by atoms with Crippen LogP contribution in [-0.4, -0.2) is 45.0 Å². The number of hydrogen-bond donors (Lipinski definition) is 4. The van der Waals surface area contributed by atoms with E-state index in [2.05, 4.69) is 75.0 Å². The Morgan fingerprint density at radius 2 is 1.88 bits per heavy atom. The molecule has 0 aliphatic heterocycles. The molecule has 0 atom stereocenters. The number of pyridine rings is 2. The second-order valence-electron chi connectivity index (χ2n) is 11.3. The maximum absolute atomic E-state index is 16.3. The maximum atomic E-state index is 16.3. The van der Waals surface area contributed by atoms with Gasteiger partial charge in [-0.3, -0.25) is 14.7 Å². The lowest BCUT2D eigenvalue weighted by Crippen LogP contribution is -2.11. The number of H-pyrrole nitrogens is 1. The minimum Gasteiger partial charge on any atom is -0.387 e. The number of fused-ring (bicyclic) bond motifs is 1. The molecule has 4 N–H and O–H groups in total. The van der Waals surface area contributed by atoms with E-state index in [0.29, 0.717) is 57.1 Å². The molecule has 7 nitrogen and oxygen atoms in total. The highest BCUT2D eigenvalue weighted by Crippen LogP contribution is 2.31. The highest BCUT2D eigenvalue weighted by molar-refractivity contribution is 8.25. The Kier molecular flexibility index (Phi) is 13.5. The van der Waals surface area contributed by atoms with Gasteiger partial charge in [-0.25, -0.2) is 13.8 Å². The molecule has 0 saturated heterocycles. The number of anilines is 1. The fourth-order valence-electron chi connectivity index (χ4n) is 4.99. The average molecular weight is 670 g/mol. The van der Waals surface area contributed by atoms with Crippen molar-refractivity contribution in [1.29, 1.82) is 0 Å². The van der Waals surface area contributed by atoms with Crippen molar-refractivity contribution >= 4 is 43.4 Å². The molecule has 1 aromatic carbocycles. The largest absolute Gasteiger partial charge is 0.387 e. The van der Waals surface area contributed by atoms with Gasteiger partial charge in [-0.1, -0.05) is 44.3 Å². The molecule has 48 heavy (non-hydrogen) atoms. The first-order valence-electron chi connectivity index (χ1n) is 15.4. The van der Waals surface area contributed by atoms with Crippen molar-refractivity contribution in [1.82, 2.24) is 30.0 Å². The molecular weight excluding hydrogens is 625 g/mol. The number of halogens is 2. The van der Waals surface area contributed by atoms with Crippen molar-refractivity contribution in [3.05, 3.63) is 114 Å². The van der Waals surface area contributed by atoms with Gasteiger partial charge in [0.25, 0.3) is 0 Å². The van der Waals surface area contributed by atoms with Crippen molar-refractivity contribution in [2.75, 3.05) is 18.6 Å². The molecule has 0 fully saturated rings. The molecule has 0 radical (unpaired) electrons. The highest BCUT2D eigenvalue weighted by Gasteiger charge is 2.20. The summed E-state index contributed by atoms with van der Waals surface area (Å²) in [7, 11) is 0.255. The summed E-state index contributed by atoms with van der Waals surface area (Å²) in [5.41, 5.74) is 6.65. The second kappa shape index (κ2) is 17.3. The van der Waals surface area contributed by atoms with Crippen LogP contribution in [0, 0.1) is 24.5 Å². The second-order valence-corrected chi connectivity index (χ2v) is 14.2. The molecular formula is C38H45F2N7S. The summed E-state index contributed by atoms with van der Waals surface area (Å²) in [6, 6.07) is 4.84. The van der Waals surface area contributed by atoms with E-state index in [1.54, 1.807) is 31.7 Å². The molecule has 3 heterocycles. The number of rotatable bonds is 15. The number of nitrogens with zero attached hydrogens (tertiary/aromatic N) is 3. The third-order valence-electron chi connectivity index (χ3n) is 7.34. The first-order valence-corrected chi connectivity index (χ1v) is 17.8. The van der Waals surface area contributed by atoms with Gasteiger partial charge in [-0.2, -0.15) is 9.39 Å². The van der Waals surface area contributed by atoms with Gasteiger partial charge in [0.1, 0.15) is 17.3 Å². The lowest BCUT2D eigenvalue weighted by atomic mass is 10.0. The summed E-state index contributed by atoms with van der Waals surface area (Å²) in [5, 5.41) is 6.34. The number of aromatic amines is 1. The van der Waals surface area contributed by atoms with Gasteiger partial charge in [-0.05, 0) is 67.5 Å². The number of nitrogens with one attached hydrogen (secondary N) is 4. The van der Waals surface area contributed by atoms with Crippen LogP contribution in [0.5, 0.6) is 0 Å². The van der Waals surface area contributed by atoms with E-state index in [1.807, 2.05) is 31.4 Å². The fraction of sp³-hybridized carbons (Fsp3) is 0.237. The van der Waals surface area contributed by atoms with Crippen LogP contribution in [-0.2, 0) is 13.0 Å². The number of hydrogen-bond acceptors (Lipinski definition) is 6. The Labute approximate surface area is 284 Å². The van der Waals surface area contributed by atoms with Crippen molar-refractivity contribution in [3.63, 3.8) is 0 Å². The van der Waals surface area contributed by atoms with Gasteiger partial charge >= 0.3 is 0 Å². The Bertz CT molecular complexity index is 1970. The summed E-state index contributed by atoms with van der Waals surface area (Å²) < 4.78 is 34.3. The Balaban J connectivity index is 0.00000307. The Hall–Kier alpha value is -4.98. The third kappa shape index (κ3) is 9.77. The van der Waals surface area contributed by atoms with Gasteiger partial charge < -0.3 is 15.6 Å². The summed E-state index contributed by atoms with van der Waals surface area (Å²) in [6.45, 7) is 12.4. The van der Waals surface area contributed by atoms with E-state index in [0.717, 1.165) is 30.5 Å². The quantitative estimate of drug-likeness (QED) is 0.0579. The molecule has 0 amide bonds. The Morgan fingerprint density at radius 3 is 2.52 bits per heavy atom. The first kappa shape index (κ1) is 37.5. The monoisotopic (exact) mass is 669 g/mol. The number of imidazole rings is 1. The number of allylic oxidation sites excluding steroid dienone is 5. The molecule has 0 spiro atoms. The van der Waals surface area contributed by atoms with Crippen molar-refractivity contribution in [2.45, 2.75) is 46.1 Å². The molecule has 0 unspecified atom stereocenters. The minimum absolute atomic E-state index is 0.152. The first-order chi connectivity index (χ1) is 23.0. The molecule has 4 aromatic rings. The van der Waals surface area contributed by atoms with Crippen LogP contribution < -0.4 is 15.4 Å². The Morgan fingerprint density at radius 1 is 1.12 bits per heavy atom. The van der Waals surface area contributed by atoms with Crippen LogP contribution in [0.1, 0.15) is 55.8 Å². The fourth-order valence-corrected chi connectivity index (χ4v) is 5.50. The normalized spacial score (nSPS) is 11.9. The summed E-state index contributed by atoms with van der Waals surface area (Å²) in [5.74, 6) is 7.76. The van der Waals surface area contributed by atoms with Crippen molar-refractivity contribution < 1.29 is 8.78 Å². The zero-order chi connectivity index (χ0) is 35.4. The van der Waals surface area contributed by atoms with E-state index in [1.165, 1.54) is 12.1 Å². The molecule has 3 aromatic heterocycles. The van der Waals surface area contributed by atoms with Crippen LogP contribution in [0.25, 0.3) is 27.7 Å². The van der Waals surface area contributed by atoms with Crippen LogP contribution in [0.15, 0.2) is 79.6 Å². The molecule has 0 saturated carbocycles. The smallest absolute Gasteiger partial charge is 0.155 e. The van der Waals surface area contributed by atoms with Crippen LogP contribution in [0.4, 0.5) is 14.5 Å². The number of unbranched alkanes of at least 4 members (excludes halogenated alkanes) is 1. The van der Waals surface area contributed by atoms with Crippen LogP contribution >= 0.6 is 9.39 Å². The standard InChI is InChI=1S/C36H43F2N7S.C2H2/c1-9-12-13-23(4)43-28(11-3)17-25(10-2)35-34(38)29(31(39-5)22-41-35)18-33-44-32-21-40-20-30(36(32)45-33)26-14-24(15-27(37)16-26)19-42-46(6,7)8;1-2/h10-11,14-17,20-22,39,42-43H,3-4,6-7,9,12-13,18-19H2,1-2,5,8H3,(H,44,45);1-2H/b25-10+,28-17+;. The zero-order valence-corrected chi connectivity index (χ0v) is 29.0. The van der Waals surface area contributed by atoms with E-state index >= 15 is 4.39 Å². The van der Waals surface area contributed by atoms with E-state index < -0.39 is 15.2 Å². The average Bonchev–Trinajstić information content (AvgIpc) is 3.49. The van der Waals surface area contributed by atoms with Gasteiger partial charge in [0.15, 0.2) is 5.82 Å². The van der Waals surface area contributed by atoms with E-state index in [-0.39, 0.29) is 17.9 Å². The van der Waals surface area contributed by atoms with Gasteiger partial charge in [0.2, 0.25) is 0 Å². The molecule has 4 rings (SSSR count). The summed E-state index contributed by atoms with van der Waals surface area (Å²) in [4.78, 5) is 16.9. The predicted octanol–water partition coefficient (Wildman–Crippen LogP) is 8.25. The predicted molar refractivity (Wildman–Crippen MR) is 204 cm³/mol. The molecule has 252 valence electrons. The van der Waals surface area contributed by atoms with Crippen molar-refractivity contribution in [3.8, 4) is 24.0 Å². The van der Waals surface area contributed by atoms with Gasteiger partial charge in [-0.15, -0.1) is 12.8 Å². The molecule has 0 aliphatic rings. The maximum Gasteiger partial charge on any atom is 0.155 e. The van der Waals surface area contributed by atoms with Crippen LogP contribution in [0.3, 0.4) is 0 Å². The van der Waals surface area contributed by atoms with E-state index in [4.69, 9.17) is 4.98 Å². The highest BCUT2D eigenvalue weighted by atomic mass is 32.2. The summed E-state index contributed by atoms with van der Waals surface area (Å²) >= 11 is 0. The van der Waals surface area contributed by atoms with Crippen molar-refractivity contribution in [2.24, 2.45) is 0 Å². The molecule has 10 heteroatoms. The topological polar surface area (TPSA) is 90.6 Å². The van der Waals surface area contributed by atoms with E-state index in [9.17, 15) is 4.39 Å². The summed E-state index contributed by atoms with van der Waals surface area (Å²) in [6.07, 6.45) is 23.2. The minimum atomic E-state index is -1.47. The van der Waals surface area contributed by atoms with Crippen LogP contribution in [0.2, 0.25) is 0 Å². The molecule has 0 aliphatic carbocycles. The lowest BCUT2D eigenvalue weighted by Gasteiger charge is -2.14. The zero-order valence-electron chi connectivity index (χ0n) is 28.2. The SMILES string of the molecule is C#C.C=C/C(=C\C(=C/C)c1ncc(NC)c(Cc2nc3c(-c4cc(F)cc(CNS(=C)(=C)C)c4)cncc3[nH]2)c1F)NC(=C)CCCC. The third-order valence-corrected chi connectivity index (χ3v) is 8.18. The molecule has 0 bridgehead atoms. The number of benzene rings is 1.